The standard InChI is InChI=1S/C19H20N6OS/c26-17(24-19-22-7-9-27-19)12-25-8-1-2-15(11-25)18-16(10-21-13-23-18)14-3-5-20-6-4-14/h3-7,9-10,13,15H,1-2,8,11-12H2,(H,22,24,26)/t15-/m1/s1. The van der Waals surface area contributed by atoms with Gasteiger partial charge in [0, 0.05) is 48.2 Å². The van der Waals surface area contributed by atoms with E-state index >= 15 is 0 Å². The van der Waals surface area contributed by atoms with Crippen molar-refractivity contribution in [1.29, 1.82) is 0 Å². The van der Waals surface area contributed by atoms with Gasteiger partial charge >= 0.3 is 0 Å². The number of likely N-dealkylation sites (tertiary alicyclic amines) is 1. The molecule has 0 bridgehead atoms. The van der Waals surface area contributed by atoms with Crippen LogP contribution in [0.15, 0.2) is 48.6 Å². The Bertz CT molecular complexity index is 886. The zero-order valence-corrected chi connectivity index (χ0v) is 15.6. The van der Waals surface area contributed by atoms with E-state index in [9.17, 15) is 4.79 Å². The molecule has 7 nitrogen and oxygen atoms in total. The quantitative estimate of drug-likeness (QED) is 0.733. The number of carbonyl (C=O) groups excluding carboxylic acids is 1. The van der Waals surface area contributed by atoms with Gasteiger partial charge in [-0.1, -0.05) is 0 Å². The third-order valence-corrected chi connectivity index (χ3v) is 5.36. The molecule has 138 valence electrons. The summed E-state index contributed by atoms with van der Waals surface area (Å²) in [7, 11) is 0. The molecule has 3 aromatic rings. The summed E-state index contributed by atoms with van der Waals surface area (Å²) < 4.78 is 0. The summed E-state index contributed by atoms with van der Waals surface area (Å²) in [6.45, 7) is 2.09. The Morgan fingerprint density at radius 3 is 2.93 bits per heavy atom. The number of hydrogen-bond donors (Lipinski definition) is 1. The second kappa shape index (κ2) is 8.32. The second-order valence-electron chi connectivity index (χ2n) is 6.52. The van der Waals surface area contributed by atoms with Crippen molar-refractivity contribution in [2.45, 2.75) is 18.8 Å². The maximum absolute atomic E-state index is 12.3. The van der Waals surface area contributed by atoms with E-state index in [-0.39, 0.29) is 11.8 Å². The lowest BCUT2D eigenvalue weighted by Crippen LogP contribution is -2.40. The minimum absolute atomic E-state index is 0.0253. The number of piperidine rings is 1. The molecule has 4 rings (SSSR count). The predicted octanol–water partition coefficient (Wildman–Crippen LogP) is 2.81. The van der Waals surface area contributed by atoms with E-state index in [4.69, 9.17) is 0 Å². The van der Waals surface area contributed by atoms with Crippen LogP contribution < -0.4 is 5.32 Å². The van der Waals surface area contributed by atoms with Crippen molar-refractivity contribution in [2.24, 2.45) is 0 Å². The van der Waals surface area contributed by atoms with Crippen molar-refractivity contribution >= 4 is 22.4 Å². The van der Waals surface area contributed by atoms with Crippen LogP contribution in [0.2, 0.25) is 0 Å². The van der Waals surface area contributed by atoms with Gasteiger partial charge in [0.2, 0.25) is 5.91 Å². The fraction of sp³-hybridized carbons (Fsp3) is 0.316. The Balaban J connectivity index is 1.47. The van der Waals surface area contributed by atoms with Gasteiger partial charge in [0.15, 0.2) is 5.13 Å². The summed E-state index contributed by atoms with van der Waals surface area (Å²) in [5.74, 6) is 0.250. The Morgan fingerprint density at radius 1 is 1.22 bits per heavy atom. The van der Waals surface area contributed by atoms with Crippen LogP contribution >= 0.6 is 11.3 Å². The normalized spacial score (nSPS) is 17.6. The third kappa shape index (κ3) is 4.35. The number of nitrogens with zero attached hydrogens (tertiary/aromatic N) is 5. The molecule has 8 heteroatoms. The number of hydrogen-bond acceptors (Lipinski definition) is 7. The highest BCUT2D eigenvalue weighted by molar-refractivity contribution is 7.13. The van der Waals surface area contributed by atoms with Crippen molar-refractivity contribution in [1.82, 2.24) is 24.8 Å². The first kappa shape index (κ1) is 17.7. The number of nitrogens with one attached hydrogen (secondary N) is 1. The van der Waals surface area contributed by atoms with Crippen molar-refractivity contribution in [3.63, 3.8) is 0 Å². The van der Waals surface area contributed by atoms with Crippen LogP contribution in [-0.4, -0.2) is 50.4 Å². The molecule has 0 aromatic carbocycles. The Kier molecular flexibility index (Phi) is 5.45. The van der Waals surface area contributed by atoms with Crippen LogP contribution in [-0.2, 0) is 4.79 Å². The van der Waals surface area contributed by atoms with Crippen LogP contribution in [0, 0.1) is 0 Å². The molecule has 4 heterocycles. The maximum atomic E-state index is 12.3. The van der Waals surface area contributed by atoms with Gasteiger partial charge in [-0.15, -0.1) is 11.3 Å². The van der Waals surface area contributed by atoms with E-state index in [1.165, 1.54) is 11.3 Å². The molecule has 0 aliphatic carbocycles. The molecule has 0 saturated carbocycles. The van der Waals surface area contributed by atoms with Gasteiger partial charge in [0.25, 0.3) is 0 Å². The summed E-state index contributed by atoms with van der Waals surface area (Å²) in [6, 6.07) is 3.95. The van der Waals surface area contributed by atoms with Crippen molar-refractivity contribution < 1.29 is 4.79 Å². The first-order chi connectivity index (χ1) is 13.3. The number of carbonyl (C=O) groups is 1. The zero-order chi connectivity index (χ0) is 18.5. The number of amides is 1. The molecule has 1 atom stereocenters. The lowest BCUT2D eigenvalue weighted by atomic mass is 9.90. The molecular formula is C19H20N6OS. The Labute approximate surface area is 161 Å². The van der Waals surface area contributed by atoms with Crippen molar-refractivity contribution in [3.8, 4) is 11.1 Å². The highest BCUT2D eigenvalue weighted by Crippen LogP contribution is 2.32. The minimum Gasteiger partial charge on any atom is -0.301 e. The molecular weight excluding hydrogens is 360 g/mol. The van der Waals surface area contributed by atoms with Crippen LogP contribution in [0.5, 0.6) is 0 Å². The fourth-order valence-corrected chi connectivity index (χ4v) is 4.03. The lowest BCUT2D eigenvalue weighted by Gasteiger charge is -2.32. The molecule has 27 heavy (non-hydrogen) atoms. The van der Waals surface area contributed by atoms with Gasteiger partial charge in [-0.25, -0.2) is 15.0 Å². The number of rotatable bonds is 5. The SMILES string of the molecule is O=C(CN1CCC[C@@H](c2ncncc2-c2ccncc2)C1)Nc1nccs1. The van der Waals surface area contributed by atoms with Crippen LogP contribution in [0.4, 0.5) is 5.13 Å². The fourth-order valence-electron chi connectivity index (χ4n) is 3.49. The van der Waals surface area contributed by atoms with Crippen LogP contribution in [0.25, 0.3) is 11.1 Å². The molecule has 3 aromatic heterocycles. The summed E-state index contributed by atoms with van der Waals surface area (Å²) in [5, 5.41) is 5.35. The van der Waals surface area contributed by atoms with E-state index in [1.54, 1.807) is 24.9 Å². The molecule has 1 N–H and O–H groups in total. The van der Waals surface area contributed by atoms with E-state index in [1.807, 2.05) is 23.7 Å². The average molecular weight is 380 g/mol. The third-order valence-electron chi connectivity index (χ3n) is 4.67. The van der Waals surface area contributed by atoms with E-state index in [0.29, 0.717) is 11.7 Å². The van der Waals surface area contributed by atoms with Gasteiger partial charge in [-0.05, 0) is 37.1 Å². The number of thiazole rings is 1. The summed E-state index contributed by atoms with van der Waals surface area (Å²) in [6.07, 6.45) is 10.8. The van der Waals surface area contributed by atoms with Gasteiger partial charge in [0.1, 0.15) is 6.33 Å². The van der Waals surface area contributed by atoms with Crippen molar-refractivity contribution in [3.05, 3.63) is 54.3 Å². The zero-order valence-electron chi connectivity index (χ0n) is 14.8. The summed E-state index contributed by atoms with van der Waals surface area (Å²) >= 11 is 1.43. The Morgan fingerprint density at radius 2 is 2.11 bits per heavy atom. The number of anilines is 1. The van der Waals surface area contributed by atoms with E-state index in [2.05, 4.69) is 30.2 Å². The first-order valence-corrected chi connectivity index (χ1v) is 9.79. The van der Waals surface area contributed by atoms with Gasteiger partial charge < -0.3 is 5.32 Å². The van der Waals surface area contributed by atoms with Crippen LogP contribution in [0.3, 0.4) is 0 Å². The minimum atomic E-state index is -0.0253. The Hall–Kier alpha value is -2.71. The van der Waals surface area contributed by atoms with Gasteiger partial charge in [0.05, 0.1) is 12.2 Å². The van der Waals surface area contributed by atoms with E-state index in [0.717, 1.165) is 42.8 Å². The average Bonchev–Trinajstić information content (AvgIpc) is 3.22. The predicted molar refractivity (Wildman–Crippen MR) is 104 cm³/mol. The summed E-state index contributed by atoms with van der Waals surface area (Å²) in [5.41, 5.74) is 3.15. The van der Waals surface area contributed by atoms with Gasteiger partial charge in [-0.2, -0.15) is 0 Å². The van der Waals surface area contributed by atoms with Gasteiger partial charge in [-0.3, -0.25) is 14.7 Å². The molecule has 1 fully saturated rings. The molecule has 1 aliphatic heterocycles. The maximum Gasteiger partial charge on any atom is 0.240 e. The van der Waals surface area contributed by atoms with Crippen LogP contribution in [0.1, 0.15) is 24.5 Å². The second-order valence-corrected chi connectivity index (χ2v) is 7.41. The highest BCUT2D eigenvalue weighted by Gasteiger charge is 2.26. The molecule has 0 radical (unpaired) electrons. The largest absolute Gasteiger partial charge is 0.301 e. The molecule has 0 unspecified atom stereocenters. The monoisotopic (exact) mass is 380 g/mol. The molecule has 0 spiro atoms. The number of pyridine rings is 1. The highest BCUT2D eigenvalue weighted by atomic mass is 32.1. The molecule has 1 aliphatic rings. The molecule has 1 amide bonds. The van der Waals surface area contributed by atoms with E-state index < -0.39 is 0 Å². The lowest BCUT2D eigenvalue weighted by molar-refractivity contribution is -0.117. The first-order valence-electron chi connectivity index (χ1n) is 8.91. The smallest absolute Gasteiger partial charge is 0.240 e. The number of aromatic nitrogens is 4. The summed E-state index contributed by atoms with van der Waals surface area (Å²) in [4.78, 5) is 31.5. The molecule has 1 saturated heterocycles. The van der Waals surface area contributed by atoms with Crippen molar-refractivity contribution in [2.75, 3.05) is 25.0 Å². The topological polar surface area (TPSA) is 83.9 Å².